The quantitative estimate of drug-likeness (QED) is 0.386. The summed E-state index contributed by atoms with van der Waals surface area (Å²) in [6.45, 7) is 0. The number of aromatic amines is 1. The van der Waals surface area contributed by atoms with Crippen molar-refractivity contribution in [3.63, 3.8) is 0 Å². The van der Waals surface area contributed by atoms with Crippen LogP contribution in [-0.4, -0.2) is 27.5 Å². The summed E-state index contributed by atoms with van der Waals surface area (Å²) in [7, 11) is 0. The molecular formula is C9H8N4O2. The molecule has 6 nitrogen and oxygen atoms in total. The van der Waals surface area contributed by atoms with E-state index >= 15 is 0 Å². The van der Waals surface area contributed by atoms with Gasteiger partial charge in [-0.2, -0.15) is 5.10 Å². The molecule has 6 heteroatoms. The Morgan fingerprint density at radius 3 is 3.27 bits per heavy atom. The zero-order chi connectivity index (χ0) is 10.7. The summed E-state index contributed by atoms with van der Waals surface area (Å²) >= 11 is 0. The number of anilines is 1. The van der Waals surface area contributed by atoms with Gasteiger partial charge in [-0.3, -0.25) is 9.89 Å². The predicted molar refractivity (Wildman–Crippen MR) is 55.0 cm³/mol. The van der Waals surface area contributed by atoms with Gasteiger partial charge in [0.2, 0.25) is 0 Å². The molecule has 0 aliphatic carbocycles. The zero-order valence-electron chi connectivity index (χ0n) is 7.64. The number of rotatable bonds is 2. The molecular weight excluding hydrogens is 196 g/mol. The number of nitrogens with one attached hydrogen (secondary N) is 2. The number of carbonyl (C=O) groups is 1. The Hall–Kier alpha value is -2.37. The summed E-state index contributed by atoms with van der Waals surface area (Å²) in [5.41, 5.74) is 1.51. The van der Waals surface area contributed by atoms with Gasteiger partial charge in [0, 0.05) is 11.1 Å². The molecule has 2 rings (SSSR count). The van der Waals surface area contributed by atoms with E-state index in [-0.39, 0.29) is 0 Å². The molecule has 15 heavy (non-hydrogen) atoms. The van der Waals surface area contributed by atoms with E-state index in [9.17, 15) is 4.79 Å². The Morgan fingerprint density at radius 2 is 2.47 bits per heavy atom. The lowest BCUT2D eigenvalue weighted by atomic mass is 10.2. The topological polar surface area (TPSA) is 90.4 Å². The highest BCUT2D eigenvalue weighted by Crippen LogP contribution is 2.16. The first-order chi connectivity index (χ1) is 7.29. The van der Waals surface area contributed by atoms with Crippen molar-refractivity contribution in [3.05, 3.63) is 24.4 Å². The highest BCUT2D eigenvalue weighted by atomic mass is 16.4. The van der Waals surface area contributed by atoms with Crippen LogP contribution in [0.25, 0.3) is 10.9 Å². The molecule has 0 bridgehead atoms. The first-order valence-corrected chi connectivity index (χ1v) is 4.21. The van der Waals surface area contributed by atoms with Gasteiger partial charge in [0.15, 0.2) is 0 Å². The summed E-state index contributed by atoms with van der Waals surface area (Å²) in [5, 5.41) is 20.9. The summed E-state index contributed by atoms with van der Waals surface area (Å²) in [5.74, 6) is -0.486. The average Bonchev–Trinajstić information content (AvgIpc) is 2.65. The number of hydrogen-bond acceptors (Lipinski definition) is 4. The molecule has 1 heterocycles. The number of oxime groups is 1. The number of benzene rings is 1. The first kappa shape index (κ1) is 9.20. The van der Waals surface area contributed by atoms with Crippen molar-refractivity contribution < 1.29 is 10.0 Å². The molecule has 1 aromatic carbocycles. The van der Waals surface area contributed by atoms with Crippen molar-refractivity contribution in [2.45, 2.75) is 0 Å². The van der Waals surface area contributed by atoms with Crippen LogP contribution >= 0.6 is 0 Å². The van der Waals surface area contributed by atoms with Crippen LogP contribution in [0.5, 0.6) is 0 Å². The number of hydrogen-bond donors (Lipinski definition) is 3. The minimum atomic E-state index is -0.486. The van der Waals surface area contributed by atoms with Crippen molar-refractivity contribution in [3.8, 4) is 0 Å². The van der Waals surface area contributed by atoms with Crippen LogP contribution < -0.4 is 5.32 Å². The Bertz CT molecular complexity index is 518. The van der Waals surface area contributed by atoms with E-state index in [2.05, 4.69) is 20.7 Å². The highest BCUT2D eigenvalue weighted by molar-refractivity contribution is 6.31. The fourth-order valence-electron chi connectivity index (χ4n) is 1.25. The number of carbonyl (C=O) groups excluding carboxylic acids is 1. The van der Waals surface area contributed by atoms with E-state index in [1.165, 1.54) is 0 Å². The minimum absolute atomic E-state index is 0.486. The zero-order valence-corrected chi connectivity index (χ0v) is 7.64. The number of amides is 1. The number of H-pyrrole nitrogens is 1. The second-order valence-corrected chi connectivity index (χ2v) is 2.91. The normalized spacial score (nSPS) is 10.9. The monoisotopic (exact) mass is 204 g/mol. The Balaban J connectivity index is 2.24. The summed E-state index contributed by atoms with van der Waals surface area (Å²) in [6, 6.07) is 5.29. The molecule has 1 amide bonds. The minimum Gasteiger partial charge on any atom is -0.411 e. The van der Waals surface area contributed by atoms with Gasteiger partial charge in [-0.1, -0.05) is 5.16 Å². The Morgan fingerprint density at radius 1 is 1.60 bits per heavy atom. The molecule has 0 aliphatic rings. The molecule has 2 aromatic rings. The van der Waals surface area contributed by atoms with Gasteiger partial charge in [-0.05, 0) is 18.2 Å². The molecule has 0 saturated heterocycles. The molecule has 0 radical (unpaired) electrons. The summed E-state index contributed by atoms with van der Waals surface area (Å²) < 4.78 is 0. The SMILES string of the molecule is O=C(/C=N/O)Nc1ccc2[nH]ncc2c1. The molecule has 1 aromatic heterocycles. The third kappa shape index (κ3) is 1.93. The van der Waals surface area contributed by atoms with Crippen LogP contribution in [-0.2, 0) is 4.79 Å². The maximum atomic E-state index is 11.0. The van der Waals surface area contributed by atoms with Gasteiger partial charge in [0.25, 0.3) is 5.91 Å². The number of fused-ring (bicyclic) bond motifs is 1. The van der Waals surface area contributed by atoms with Crippen LogP contribution in [0.1, 0.15) is 0 Å². The van der Waals surface area contributed by atoms with Gasteiger partial charge in [0.1, 0.15) is 6.21 Å². The van der Waals surface area contributed by atoms with E-state index in [1.807, 2.05) is 0 Å². The molecule has 0 unspecified atom stereocenters. The Kier molecular flexibility index (Phi) is 2.32. The number of nitrogens with zero attached hydrogens (tertiary/aromatic N) is 2. The third-order valence-corrected chi connectivity index (χ3v) is 1.88. The average molecular weight is 204 g/mol. The maximum Gasteiger partial charge on any atom is 0.270 e. The summed E-state index contributed by atoms with van der Waals surface area (Å²) in [4.78, 5) is 11.0. The van der Waals surface area contributed by atoms with Gasteiger partial charge in [0.05, 0.1) is 11.7 Å². The standard InChI is InChI=1S/C9H8N4O2/c14-9(5-11-15)12-7-1-2-8-6(3-7)4-10-13-8/h1-5,15H,(H,10,13)(H,12,14)/b11-5+. The van der Waals surface area contributed by atoms with Crippen LogP contribution in [0.3, 0.4) is 0 Å². The lowest BCUT2D eigenvalue weighted by molar-refractivity contribution is -0.110. The van der Waals surface area contributed by atoms with Gasteiger partial charge in [-0.15, -0.1) is 0 Å². The highest BCUT2D eigenvalue weighted by Gasteiger charge is 2.00. The van der Waals surface area contributed by atoms with Gasteiger partial charge < -0.3 is 10.5 Å². The molecule has 0 saturated carbocycles. The second-order valence-electron chi connectivity index (χ2n) is 2.91. The fraction of sp³-hybridized carbons (Fsp3) is 0. The molecule has 0 fully saturated rings. The summed E-state index contributed by atoms with van der Waals surface area (Å²) in [6.07, 6.45) is 2.45. The van der Waals surface area contributed by atoms with Crippen molar-refractivity contribution in [2.75, 3.05) is 5.32 Å². The second kappa shape index (κ2) is 3.79. The molecule has 0 aliphatic heterocycles. The van der Waals surface area contributed by atoms with E-state index in [4.69, 9.17) is 5.21 Å². The van der Waals surface area contributed by atoms with E-state index in [1.54, 1.807) is 24.4 Å². The lowest BCUT2D eigenvalue weighted by Crippen LogP contribution is -2.12. The fourth-order valence-corrected chi connectivity index (χ4v) is 1.25. The van der Waals surface area contributed by atoms with Crippen LogP contribution in [0, 0.1) is 0 Å². The maximum absolute atomic E-state index is 11.0. The van der Waals surface area contributed by atoms with Gasteiger partial charge in [-0.25, -0.2) is 0 Å². The molecule has 0 atom stereocenters. The van der Waals surface area contributed by atoms with Crippen LogP contribution in [0.2, 0.25) is 0 Å². The molecule has 3 N–H and O–H groups in total. The van der Waals surface area contributed by atoms with E-state index < -0.39 is 5.91 Å². The predicted octanol–water partition coefficient (Wildman–Crippen LogP) is 0.961. The first-order valence-electron chi connectivity index (χ1n) is 4.21. The molecule has 76 valence electrons. The van der Waals surface area contributed by atoms with Crippen LogP contribution in [0.15, 0.2) is 29.6 Å². The smallest absolute Gasteiger partial charge is 0.270 e. The van der Waals surface area contributed by atoms with Crippen molar-refractivity contribution in [2.24, 2.45) is 5.16 Å². The van der Waals surface area contributed by atoms with E-state index in [0.717, 1.165) is 17.1 Å². The van der Waals surface area contributed by atoms with Crippen molar-refractivity contribution >= 4 is 28.7 Å². The van der Waals surface area contributed by atoms with Gasteiger partial charge >= 0.3 is 0 Å². The van der Waals surface area contributed by atoms with E-state index in [0.29, 0.717) is 5.69 Å². The van der Waals surface area contributed by atoms with Crippen molar-refractivity contribution in [1.29, 1.82) is 0 Å². The van der Waals surface area contributed by atoms with Crippen LogP contribution in [0.4, 0.5) is 5.69 Å². The van der Waals surface area contributed by atoms with Crippen molar-refractivity contribution in [1.82, 2.24) is 10.2 Å². The Labute approximate surface area is 84.6 Å². The third-order valence-electron chi connectivity index (χ3n) is 1.88. The lowest BCUT2D eigenvalue weighted by Gasteiger charge is -2.00. The molecule has 0 spiro atoms. The number of aromatic nitrogens is 2. The largest absolute Gasteiger partial charge is 0.411 e.